The van der Waals surface area contributed by atoms with E-state index < -0.39 is 41.6 Å². The number of methoxy groups -OCH3 is 1. The van der Waals surface area contributed by atoms with Crippen LogP contribution in [-0.4, -0.2) is 53.7 Å². The molecule has 4 aromatic rings. The predicted molar refractivity (Wildman–Crippen MR) is 178 cm³/mol. The van der Waals surface area contributed by atoms with Crippen molar-refractivity contribution >= 4 is 34.8 Å². The first-order chi connectivity index (χ1) is 22.8. The lowest BCUT2D eigenvalue weighted by molar-refractivity contribution is -0.144. The molecule has 0 aliphatic carbocycles. The van der Waals surface area contributed by atoms with Gasteiger partial charge in [0.25, 0.3) is 5.91 Å². The van der Waals surface area contributed by atoms with E-state index in [2.05, 4.69) is 27.5 Å². The van der Waals surface area contributed by atoms with Gasteiger partial charge in [0.15, 0.2) is 0 Å². The highest BCUT2D eigenvalue weighted by Crippen LogP contribution is 2.23. The van der Waals surface area contributed by atoms with Gasteiger partial charge in [-0.2, -0.15) is 5.26 Å². The summed E-state index contributed by atoms with van der Waals surface area (Å²) in [6.45, 7) is 8.79. The Labute approximate surface area is 278 Å². The molecule has 48 heavy (non-hydrogen) atoms. The van der Waals surface area contributed by atoms with E-state index in [9.17, 15) is 19.2 Å². The van der Waals surface area contributed by atoms with Crippen LogP contribution in [0.2, 0.25) is 0 Å². The van der Waals surface area contributed by atoms with Gasteiger partial charge in [0.1, 0.15) is 29.2 Å². The minimum absolute atomic E-state index is 0.0696. The number of rotatable bonds is 12. The number of benzene rings is 3. The lowest BCUT2D eigenvalue weighted by Gasteiger charge is -2.24. The maximum Gasteiger partial charge on any atom is 0.408 e. The molecule has 248 valence electrons. The van der Waals surface area contributed by atoms with Crippen LogP contribution in [0.4, 0.5) is 4.79 Å². The summed E-state index contributed by atoms with van der Waals surface area (Å²) in [6.07, 6.45) is 1.09. The minimum atomic E-state index is -1.13. The van der Waals surface area contributed by atoms with Crippen LogP contribution < -0.4 is 20.7 Å². The standard InChI is InChI=1S/C36H37N5O7/c1-22(39-33(43)30(41-35(45)48-36(2,3)4)19-25-21-38-29-9-7-6-8-28(25)29)32(42)40-31(34(44)46-5)18-23-10-14-26(15-11-23)47-27-16-12-24(20-37)13-17-27/h6-17,21,30-31,38H,1,18-19H2,2-5H3,(H,39,43)(H,40,42)(H,41,45)/t30-,31-/m0/s1. The zero-order valence-electron chi connectivity index (χ0n) is 27.1. The smallest absolute Gasteiger partial charge is 0.408 e. The molecule has 12 heteroatoms. The summed E-state index contributed by atoms with van der Waals surface area (Å²) in [5.74, 6) is -1.15. The van der Waals surface area contributed by atoms with E-state index in [4.69, 9.17) is 19.5 Å². The number of aromatic nitrogens is 1. The summed E-state index contributed by atoms with van der Waals surface area (Å²) in [5, 5.41) is 17.4. The highest BCUT2D eigenvalue weighted by Gasteiger charge is 2.28. The summed E-state index contributed by atoms with van der Waals surface area (Å²) in [6, 6.07) is 20.8. The Morgan fingerprint density at radius 2 is 1.54 bits per heavy atom. The van der Waals surface area contributed by atoms with Crippen LogP contribution >= 0.6 is 0 Å². The lowest BCUT2D eigenvalue weighted by Crippen LogP contribution is -2.51. The van der Waals surface area contributed by atoms with E-state index in [0.29, 0.717) is 22.6 Å². The molecule has 0 fully saturated rings. The Bertz CT molecular complexity index is 1830. The fourth-order valence-corrected chi connectivity index (χ4v) is 4.72. The average Bonchev–Trinajstić information content (AvgIpc) is 3.46. The van der Waals surface area contributed by atoms with Crippen molar-refractivity contribution in [3.05, 3.63) is 108 Å². The number of nitrogens with zero attached hydrogens (tertiary/aromatic N) is 1. The van der Waals surface area contributed by atoms with Crippen LogP contribution in [0, 0.1) is 11.3 Å². The molecular formula is C36H37N5O7. The quantitative estimate of drug-likeness (QED) is 0.125. The molecule has 1 aromatic heterocycles. The summed E-state index contributed by atoms with van der Waals surface area (Å²) in [5.41, 5.74) is 1.67. The Morgan fingerprint density at radius 1 is 0.896 bits per heavy atom. The first-order valence-electron chi connectivity index (χ1n) is 15.0. The fraction of sp³-hybridized carbons (Fsp3) is 0.250. The van der Waals surface area contributed by atoms with E-state index >= 15 is 0 Å². The molecule has 0 saturated heterocycles. The van der Waals surface area contributed by atoms with E-state index in [1.807, 2.05) is 30.3 Å². The maximum absolute atomic E-state index is 13.4. The second-order valence-corrected chi connectivity index (χ2v) is 11.9. The zero-order chi connectivity index (χ0) is 34.8. The van der Waals surface area contributed by atoms with Gasteiger partial charge < -0.3 is 35.1 Å². The Kier molecular flexibility index (Phi) is 11.2. The third kappa shape index (κ3) is 9.70. The van der Waals surface area contributed by atoms with Crippen molar-refractivity contribution in [2.45, 2.75) is 51.3 Å². The predicted octanol–water partition coefficient (Wildman–Crippen LogP) is 4.80. The van der Waals surface area contributed by atoms with Crippen molar-refractivity contribution in [2.24, 2.45) is 0 Å². The number of H-pyrrole nitrogens is 1. The number of nitriles is 1. The number of nitrogens with one attached hydrogen (secondary N) is 4. The molecule has 0 aliphatic rings. The monoisotopic (exact) mass is 651 g/mol. The molecule has 1 heterocycles. The first-order valence-corrected chi connectivity index (χ1v) is 15.0. The van der Waals surface area contributed by atoms with Crippen LogP contribution in [0.15, 0.2) is 91.3 Å². The topological polar surface area (TPSA) is 172 Å². The van der Waals surface area contributed by atoms with Gasteiger partial charge in [-0.25, -0.2) is 9.59 Å². The Balaban J connectivity index is 1.41. The number of carbonyl (C=O) groups is 4. The largest absolute Gasteiger partial charge is 0.467 e. The van der Waals surface area contributed by atoms with Gasteiger partial charge in [-0.15, -0.1) is 0 Å². The molecule has 0 aliphatic heterocycles. The maximum atomic E-state index is 13.4. The summed E-state index contributed by atoms with van der Waals surface area (Å²) >= 11 is 0. The van der Waals surface area contributed by atoms with Gasteiger partial charge in [-0.1, -0.05) is 36.9 Å². The van der Waals surface area contributed by atoms with Gasteiger partial charge in [-0.05, 0) is 74.4 Å². The van der Waals surface area contributed by atoms with Crippen LogP contribution in [-0.2, 0) is 36.7 Å². The highest BCUT2D eigenvalue weighted by molar-refractivity contribution is 6.00. The van der Waals surface area contributed by atoms with Crippen LogP contribution in [0.25, 0.3) is 10.9 Å². The average molecular weight is 652 g/mol. The number of para-hydroxylation sites is 1. The van der Waals surface area contributed by atoms with Gasteiger partial charge in [-0.3, -0.25) is 9.59 Å². The van der Waals surface area contributed by atoms with Crippen LogP contribution in [0.1, 0.15) is 37.5 Å². The number of carbonyl (C=O) groups excluding carboxylic acids is 4. The summed E-state index contributed by atoms with van der Waals surface area (Å²) in [4.78, 5) is 55.0. The van der Waals surface area contributed by atoms with Crippen LogP contribution in [0.5, 0.6) is 11.5 Å². The molecular weight excluding hydrogens is 614 g/mol. The minimum Gasteiger partial charge on any atom is -0.467 e. The Hall–Kier alpha value is -6.09. The van der Waals surface area contributed by atoms with Gasteiger partial charge in [0.2, 0.25) is 5.91 Å². The number of hydrogen-bond donors (Lipinski definition) is 4. The van der Waals surface area contributed by atoms with Crippen molar-refractivity contribution in [3.8, 4) is 17.6 Å². The van der Waals surface area contributed by atoms with E-state index in [1.54, 1.807) is 75.5 Å². The normalized spacial score (nSPS) is 12.1. The molecule has 0 saturated carbocycles. The Morgan fingerprint density at radius 3 is 2.17 bits per heavy atom. The van der Waals surface area contributed by atoms with Gasteiger partial charge in [0.05, 0.1) is 24.4 Å². The van der Waals surface area contributed by atoms with Crippen molar-refractivity contribution < 1.29 is 33.4 Å². The van der Waals surface area contributed by atoms with Crippen molar-refractivity contribution in [2.75, 3.05) is 7.11 Å². The molecule has 3 aromatic carbocycles. The number of fused-ring (bicyclic) bond motifs is 1. The van der Waals surface area contributed by atoms with Crippen LogP contribution in [0.3, 0.4) is 0 Å². The lowest BCUT2D eigenvalue weighted by atomic mass is 10.0. The number of hydrogen-bond acceptors (Lipinski definition) is 8. The molecule has 0 spiro atoms. The molecule has 0 unspecified atom stereocenters. The zero-order valence-corrected chi connectivity index (χ0v) is 27.1. The third-order valence-corrected chi connectivity index (χ3v) is 7.03. The van der Waals surface area contributed by atoms with E-state index in [-0.39, 0.29) is 18.5 Å². The van der Waals surface area contributed by atoms with Gasteiger partial charge in [0, 0.05) is 29.9 Å². The number of amides is 3. The molecule has 12 nitrogen and oxygen atoms in total. The molecule has 2 atom stereocenters. The van der Waals surface area contributed by atoms with E-state index in [0.717, 1.165) is 16.5 Å². The number of aromatic amines is 1. The van der Waals surface area contributed by atoms with Crippen molar-refractivity contribution in [3.63, 3.8) is 0 Å². The van der Waals surface area contributed by atoms with Gasteiger partial charge >= 0.3 is 12.1 Å². The molecule has 0 bridgehead atoms. The third-order valence-electron chi connectivity index (χ3n) is 7.03. The SMILES string of the molecule is C=C(NC(=O)[C@H](Cc1c[nH]c2ccccc12)NC(=O)OC(C)(C)C)C(=O)N[C@@H](Cc1ccc(Oc2ccc(C#N)cc2)cc1)C(=O)OC. The molecule has 3 amide bonds. The molecule has 4 rings (SSSR count). The number of esters is 1. The highest BCUT2D eigenvalue weighted by atomic mass is 16.6. The first kappa shape index (κ1) is 34.8. The summed E-state index contributed by atoms with van der Waals surface area (Å²) < 4.78 is 16.1. The van der Waals surface area contributed by atoms with E-state index in [1.165, 1.54) is 7.11 Å². The molecule has 4 N–H and O–H groups in total. The van der Waals surface area contributed by atoms with Crippen molar-refractivity contribution in [1.82, 2.24) is 20.9 Å². The number of ether oxygens (including phenoxy) is 3. The summed E-state index contributed by atoms with van der Waals surface area (Å²) in [7, 11) is 1.20. The second-order valence-electron chi connectivity index (χ2n) is 11.9. The second kappa shape index (κ2) is 15.5. The number of alkyl carbamates (subject to hydrolysis) is 1. The molecule has 0 radical (unpaired) electrons. The fourth-order valence-electron chi connectivity index (χ4n) is 4.72. The van der Waals surface area contributed by atoms with Crippen molar-refractivity contribution in [1.29, 1.82) is 5.26 Å².